The lowest BCUT2D eigenvalue weighted by molar-refractivity contribution is 0.0745. The van der Waals surface area contributed by atoms with Gasteiger partial charge < -0.3 is 9.32 Å². The molecular formula is C23H24N4O2. The summed E-state index contributed by atoms with van der Waals surface area (Å²) in [4.78, 5) is 20.3. The second kappa shape index (κ2) is 7.91. The van der Waals surface area contributed by atoms with Crippen molar-refractivity contribution in [1.82, 2.24) is 19.7 Å². The van der Waals surface area contributed by atoms with Crippen LogP contribution in [0.5, 0.6) is 0 Å². The number of nitrogens with zero attached hydrogens (tertiary/aromatic N) is 4. The smallest absolute Gasteiger partial charge is 0.255 e. The highest BCUT2D eigenvalue weighted by atomic mass is 16.3. The van der Waals surface area contributed by atoms with E-state index in [9.17, 15) is 4.79 Å². The minimum Gasteiger partial charge on any atom is -0.463 e. The van der Waals surface area contributed by atoms with Crippen molar-refractivity contribution in [3.63, 3.8) is 0 Å². The van der Waals surface area contributed by atoms with Crippen LogP contribution >= 0.6 is 0 Å². The summed E-state index contributed by atoms with van der Waals surface area (Å²) < 4.78 is 7.25. The van der Waals surface area contributed by atoms with Crippen molar-refractivity contribution in [3.8, 4) is 11.5 Å². The molecule has 0 aliphatic carbocycles. The van der Waals surface area contributed by atoms with Gasteiger partial charge >= 0.3 is 0 Å². The molecule has 0 bridgehead atoms. The Balaban J connectivity index is 1.82. The predicted molar refractivity (Wildman–Crippen MR) is 112 cm³/mol. The lowest BCUT2D eigenvalue weighted by Gasteiger charge is -2.23. The quantitative estimate of drug-likeness (QED) is 0.485. The Bertz CT molecular complexity index is 1130. The Morgan fingerprint density at radius 3 is 2.66 bits per heavy atom. The topological polar surface area (TPSA) is 64.2 Å². The van der Waals surface area contributed by atoms with Gasteiger partial charge in [0.1, 0.15) is 5.69 Å². The largest absolute Gasteiger partial charge is 0.463 e. The first-order chi connectivity index (χ1) is 14.1. The number of furan rings is 1. The van der Waals surface area contributed by atoms with Crippen molar-refractivity contribution in [2.45, 2.75) is 26.8 Å². The SMILES string of the molecule is CCCN(Cc1ccccc1)C(=O)c1cc(-c2ccco2)nc2c1c(C)nn2C. The van der Waals surface area contributed by atoms with Crippen LogP contribution in [0.15, 0.2) is 59.2 Å². The first kappa shape index (κ1) is 18.9. The van der Waals surface area contributed by atoms with Crippen LogP contribution in [0.25, 0.3) is 22.5 Å². The lowest BCUT2D eigenvalue weighted by Crippen LogP contribution is -2.31. The fourth-order valence-corrected chi connectivity index (χ4v) is 3.66. The summed E-state index contributed by atoms with van der Waals surface area (Å²) in [5.41, 5.74) is 3.81. The van der Waals surface area contributed by atoms with Gasteiger partial charge in [-0.3, -0.25) is 9.48 Å². The zero-order valence-corrected chi connectivity index (χ0v) is 16.9. The molecule has 29 heavy (non-hydrogen) atoms. The number of carbonyl (C=O) groups excluding carboxylic acids is 1. The van der Waals surface area contributed by atoms with Crippen LogP contribution < -0.4 is 0 Å². The average Bonchev–Trinajstić information content (AvgIpc) is 3.36. The fourth-order valence-electron chi connectivity index (χ4n) is 3.66. The molecule has 0 N–H and O–H groups in total. The van der Waals surface area contributed by atoms with Crippen LogP contribution in [-0.4, -0.2) is 32.1 Å². The molecule has 4 aromatic rings. The fraction of sp³-hybridized carbons (Fsp3) is 0.261. The highest BCUT2D eigenvalue weighted by Crippen LogP contribution is 2.28. The number of fused-ring (bicyclic) bond motifs is 1. The maximum absolute atomic E-state index is 13.7. The Hall–Kier alpha value is -3.41. The van der Waals surface area contributed by atoms with Crippen LogP contribution in [0.2, 0.25) is 0 Å². The van der Waals surface area contributed by atoms with Crippen LogP contribution in [-0.2, 0) is 13.6 Å². The Morgan fingerprint density at radius 1 is 1.17 bits per heavy atom. The summed E-state index contributed by atoms with van der Waals surface area (Å²) in [6, 6.07) is 15.5. The maximum Gasteiger partial charge on any atom is 0.255 e. The van der Waals surface area contributed by atoms with E-state index in [1.165, 1.54) is 0 Å². The molecular weight excluding hydrogens is 364 g/mol. The van der Waals surface area contributed by atoms with Crippen molar-refractivity contribution < 1.29 is 9.21 Å². The van der Waals surface area contributed by atoms with Gasteiger partial charge in [0.05, 0.1) is 22.9 Å². The van der Waals surface area contributed by atoms with Gasteiger partial charge in [-0.1, -0.05) is 37.3 Å². The molecule has 148 valence electrons. The van der Waals surface area contributed by atoms with Crippen LogP contribution in [0.1, 0.15) is 35.0 Å². The maximum atomic E-state index is 13.7. The molecule has 4 rings (SSSR count). The van der Waals surface area contributed by atoms with Crippen molar-refractivity contribution in [2.24, 2.45) is 7.05 Å². The molecule has 0 saturated heterocycles. The first-order valence-corrected chi connectivity index (χ1v) is 9.80. The number of pyridine rings is 1. The first-order valence-electron chi connectivity index (χ1n) is 9.80. The number of hydrogen-bond acceptors (Lipinski definition) is 4. The molecule has 0 aliphatic rings. The molecule has 1 amide bonds. The zero-order chi connectivity index (χ0) is 20.4. The van der Waals surface area contributed by atoms with Gasteiger partial charge in [-0.05, 0) is 37.1 Å². The summed E-state index contributed by atoms with van der Waals surface area (Å²) in [5, 5.41) is 5.29. The van der Waals surface area contributed by atoms with E-state index in [2.05, 4.69) is 12.0 Å². The van der Waals surface area contributed by atoms with Gasteiger partial charge in [-0.15, -0.1) is 0 Å². The third kappa shape index (κ3) is 3.66. The monoisotopic (exact) mass is 388 g/mol. The normalized spacial score (nSPS) is 11.1. The summed E-state index contributed by atoms with van der Waals surface area (Å²) >= 11 is 0. The third-order valence-electron chi connectivity index (χ3n) is 4.97. The van der Waals surface area contributed by atoms with Crippen LogP contribution in [0, 0.1) is 6.92 Å². The molecule has 6 nitrogen and oxygen atoms in total. The van der Waals surface area contributed by atoms with E-state index < -0.39 is 0 Å². The number of aryl methyl sites for hydroxylation is 2. The number of benzene rings is 1. The van der Waals surface area contributed by atoms with E-state index in [1.54, 1.807) is 10.9 Å². The van der Waals surface area contributed by atoms with E-state index >= 15 is 0 Å². The average molecular weight is 388 g/mol. The van der Waals surface area contributed by atoms with Crippen LogP contribution in [0.3, 0.4) is 0 Å². The molecule has 3 aromatic heterocycles. The Kier molecular flexibility index (Phi) is 5.16. The minimum absolute atomic E-state index is 0.0213. The molecule has 0 atom stereocenters. The Labute approximate surface area is 169 Å². The number of carbonyl (C=O) groups is 1. The molecule has 1 aromatic carbocycles. The molecule has 6 heteroatoms. The summed E-state index contributed by atoms with van der Waals surface area (Å²) in [6.45, 7) is 5.23. The third-order valence-corrected chi connectivity index (χ3v) is 4.97. The van der Waals surface area contributed by atoms with Crippen molar-refractivity contribution in [2.75, 3.05) is 6.54 Å². The van der Waals surface area contributed by atoms with Gasteiger partial charge in [0.25, 0.3) is 5.91 Å². The van der Waals surface area contributed by atoms with Gasteiger partial charge in [0, 0.05) is 20.1 Å². The number of hydrogen-bond donors (Lipinski definition) is 0. The standard InChI is InChI=1S/C23H24N4O2/c1-4-12-27(15-17-9-6-5-7-10-17)23(28)18-14-19(20-11-8-13-29-20)24-22-21(18)16(2)25-26(22)3/h5-11,13-14H,4,12,15H2,1-3H3. The number of aromatic nitrogens is 3. The van der Waals surface area contributed by atoms with E-state index in [-0.39, 0.29) is 5.91 Å². The lowest BCUT2D eigenvalue weighted by atomic mass is 10.1. The molecule has 0 spiro atoms. The number of rotatable bonds is 6. The van der Waals surface area contributed by atoms with Gasteiger partial charge in [-0.2, -0.15) is 5.10 Å². The van der Waals surface area contributed by atoms with Gasteiger partial charge in [-0.25, -0.2) is 4.98 Å². The number of amides is 1. The summed E-state index contributed by atoms with van der Waals surface area (Å²) in [6.07, 6.45) is 2.49. The van der Waals surface area contributed by atoms with Crippen LogP contribution in [0.4, 0.5) is 0 Å². The summed E-state index contributed by atoms with van der Waals surface area (Å²) in [7, 11) is 1.84. The van der Waals surface area contributed by atoms with E-state index in [0.29, 0.717) is 35.8 Å². The van der Waals surface area contributed by atoms with Crippen molar-refractivity contribution in [1.29, 1.82) is 0 Å². The molecule has 3 heterocycles. The molecule has 0 aliphatic heterocycles. The molecule has 0 unspecified atom stereocenters. The Morgan fingerprint density at radius 2 is 1.97 bits per heavy atom. The predicted octanol–water partition coefficient (Wildman–Crippen LogP) is 4.59. The molecule has 0 saturated carbocycles. The summed E-state index contributed by atoms with van der Waals surface area (Å²) in [5.74, 6) is 0.608. The van der Waals surface area contributed by atoms with Gasteiger partial charge in [0.15, 0.2) is 11.4 Å². The van der Waals surface area contributed by atoms with Gasteiger partial charge in [0.2, 0.25) is 0 Å². The zero-order valence-electron chi connectivity index (χ0n) is 16.9. The second-order valence-electron chi connectivity index (χ2n) is 7.15. The minimum atomic E-state index is -0.0213. The molecule has 0 radical (unpaired) electrons. The van der Waals surface area contributed by atoms with Crippen molar-refractivity contribution >= 4 is 16.9 Å². The second-order valence-corrected chi connectivity index (χ2v) is 7.15. The molecule has 0 fully saturated rings. The van der Waals surface area contributed by atoms with E-state index in [1.807, 2.05) is 67.4 Å². The van der Waals surface area contributed by atoms with Crippen molar-refractivity contribution in [3.05, 3.63) is 71.6 Å². The van der Waals surface area contributed by atoms with E-state index in [4.69, 9.17) is 9.40 Å². The highest BCUT2D eigenvalue weighted by molar-refractivity contribution is 6.07. The van der Waals surface area contributed by atoms with E-state index in [0.717, 1.165) is 23.1 Å². The highest BCUT2D eigenvalue weighted by Gasteiger charge is 2.23.